The number of piperidine rings is 1. The molecule has 96 valence electrons. The van der Waals surface area contributed by atoms with Gasteiger partial charge in [0.1, 0.15) is 0 Å². The smallest absolute Gasteiger partial charge is 0.0634 e. The van der Waals surface area contributed by atoms with E-state index >= 15 is 0 Å². The normalized spacial score (nSPS) is 28.3. The van der Waals surface area contributed by atoms with Gasteiger partial charge in [0, 0.05) is 32.3 Å². The Kier molecular flexibility index (Phi) is 5.22. The van der Waals surface area contributed by atoms with Gasteiger partial charge in [0.15, 0.2) is 0 Å². The lowest BCUT2D eigenvalue weighted by Gasteiger charge is -2.41. The van der Waals surface area contributed by atoms with Gasteiger partial charge in [0.05, 0.1) is 5.60 Å². The molecule has 1 heterocycles. The maximum absolute atomic E-state index is 5.85. The Morgan fingerprint density at radius 1 is 1.38 bits per heavy atom. The second kappa shape index (κ2) is 5.99. The van der Waals surface area contributed by atoms with Gasteiger partial charge in [0.25, 0.3) is 0 Å². The van der Waals surface area contributed by atoms with E-state index in [0.717, 1.165) is 19.5 Å². The lowest BCUT2D eigenvalue weighted by atomic mass is 9.94. The topological polar surface area (TPSA) is 38.5 Å². The molecule has 0 aromatic rings. The van der Waals surface area contributed by atoms with Crippen LogP contribution in [0.2, 0.25) is 0 Å². The van der Waals surface area contributed by atoms with Crippen LogP contribution in [0.25, 0.3) is 0 Å². The Bertz CT molecular complexity index is 206. The molecule has 1 aliphatic heterocycles. The summed E-state index contributed by atoms with van der Waals surface area (Å²) < 4.78 is 5.47. The van der Waals surface area contributed by atoms with Gasteiger partial charge in [-0.15, -0.1) is 0 Å². The van der Waals surface area contributed by atoms with Gasteiger partial charge in [-0.2, -0.15) is 0 Å². The summed E-state index contributed by atoms with van der Waals surface area (Å²) in [6.07, 6.45) is 4.97. The first-order valence-corrected chi connectivity index (χ1v) is 6.51. The highest BCUT2D eigenvalue weighted by Gasteiger charge is 2.28. The quantitative estimate of drug-likeness (QED) is 0.782. The summed E-state index contributed by atoms with van der Waals surface area (Å²) in [5.74, 6) is 0. The van der Waals surface area contributed by atoms with Gasteiger partial charge < -0.3 is 10.5 Å². The van der Waals surface area contributed by atoms with Crippen LogP contribution >= 0.6 is 0 Å². The molecule has 2 unspecified atom stereocenters. The number of methoxy groups -OCH3 is 1. The Morgan fingerprint density at radius 3 is 2.62 bits per heavy atom. The van der Waals surface area contributed by atoms with E-state index in [1.165, 1.54) is 19.3 Å². The van der Waals surface area contributed by atoms with E-state index in [1.807, 2.05) is 0 Å². The van der Waals surface area contributed by atoms with Crippen LogP contribution in [0.1, 0.15) is 46.5 Å². The summed E-state index contributed by atoms with van der Waals surface area (Å²) in [6, 6.07) is 1.26. The average Bonchev–Trinajstić information content (AvgIpc) is 2.27. The zero-order valence-corrected chi connectivity index (χ0v) is 11.3. The summed E-state index contributed by atoms with van der Waals surface area (Å²) >= 11 is 0. The van der Waals surface area contributed by atoms with E-state index in [2.05, 4.69) is 25.7 Å². The van der Waals surface area contributed by atoms with Crippen molar-refractivity contribution in [2.24, 2.45) is 5.73 Å². The van der Waals surface area contributed by atoms with Crippen molar-refractivity contribution < 1.29 is 4.74 Å². The second-order valence-electron chi connectivity index (χ2n) is 5.62. The molecule has 1 rings (SSSR count). The summed E-state index contributed by atoms with van der Waals surface area (Å²) in [5.41, 5.74) is 5.84. The maximum atomic E-state index is 5.85. The van der Waals surface area contributed by atoms with E-state index in [1.54, 1.807) is 7.11 Å². The molecule has 0 amide bonds. The molecular weight excluding hydrogens is 200 g/mol. The minimum absolute atomic E-state index is 0.0175. The number of ether oxygens (including phenoxy) is 1. The van der Waals surface area contributed by atoms with Crippen molar-refractivity contribution in [3.05, 3.63) is 0 Å². The molecule has 2 atom stereocenters. The van der Waals surface area contributed by atoms with Crippen LogP contribution in [-0.4, -0.2) is 42.8 Å². The molecule has 2 N–H and O–H groups in total. The Balaban J connectivity index is 2.48. The van der Waals surface area contributed by atoms with Crippen molar-refractivity contribution in [2.45, 2.75) is 64.1 Å². The van der Waals surface area contributed by atoms with Crippen molar-refractivity contribution in [2.75, 3.05) is 20.2 Å². The Labute approximate surface area is 100 Å². The third-order valence-corrected chi connectivity index (χ3v) is 3.99. The molecule has 0 radical (unpaired) electrons. The third kappa shape index (κ3) is 3.72. The van der Waals surface area contributed by atoms with E-state index in [9.17, 15) is 0 Å². The highest BCUT2D eigenvalue weighted by atomic mass is 16.5. The van der Waals surface area contributed by atoms with Crippen LogP contribution in [0.4, 0.5) is 0 Å². The summed E-state index contributed by atoms with van der Waals surface area (Å²) in [7, 11) is 1.79. The number of rotatable bonds is 5. The van der Waals surface area contributed by atoms with Crippen LogP contribution in [0.5, 0.6) is 0 Å². The predicted molar refractivity (Wildman–Crippen MR) is 68.6 cm³/mol. The lowest BCUT2D eigenvalue weighted by Crippen LogP contribution is -2.50. The van der Waals surface area contributed by atoms with Gasteiger partial charge in [-0.3, -0.25) is 4.90 Å². The Morgan fingerprint density at radius 2 is 2.06 bits per heavy atom. The molecule has 16 heavy (non-hydrogen) atoms. The van der Waals surface area contributed by atoms with Gasteiger partial charge in [-0.25, -0.2) is 0 Å². The van der Waals surface area contributed by atoms with Crippen LogP contribution < -0.4 is 5.73 Å². The molecule has 1 fully saturated rings. The molecule has 1 aliphatic rings. The molecule has 3 heteroatoms. The lowest BCUT2D eigenvalue weighted by molar-refractivity contribution is -0.00556. The van der Waals surface area contributed by atoms with Crippen molar-refractivity contribution in [3.8, 4) is 0 Å². The minimum atomic E-state index is -0.0175. The predicted octanol–water partition coefficient (Wildman–Crippen LogP) is 2.00. The second-order valence-corrected chi connectivity index (χ2v) is 5.62. The standard InChI is InChI=1S/C13H28N2O/c1-11-6-5-7-12(10-14)15(11)9-8-13(2,3)16-4/h11-12H,5-10,14H2,1-4H3. The summed E-state index contributed by atoms with van der Waals surface area (Å²) in [6.45, 7) is 8.52. The van der Waals surface area contributed by atoms with Crippen molar-refractivity contribution >= 4 is 0 Å². The average molecular weight is 228 g/mol. The molecule has 0 bridgehead atoms. The van der Waals surface area contributed by atoms with Crippen LogP contribution in [0.3, 0.4) is 0 Å². The molecule has 0 aromatic heterocycles. The molecular formula is C13H28N2O. The van der Waals surface area contributed by atoms with Gasteiger partial charge in [-0.05, 0) is 40.0 Å². The maximum Gasteiger partial charge on any atom is 0.0634 e. The van der Waals surface area contributed by atoms with E-state index in [0.29, 0.717) is 12.1 Å². The zero-order valence-electron chi connectivity index (χ0n) is 11.3. The SMILES string of the molecule is COC(C)(C)CCN1C(C)CCCC1CN. The van der Waals surface area contributed by atoms with Crippen molar-refractivity contribution in [1.82, 2.24) is 4.90 Å². The Hall–Kier alpha value is -0.120. The number of likely N-dealkylation sites (tertiary alicyclic amines) is 1. The van der Waals surface area contributed by atoms with Crippen molar-refractivity contribution in [1.29, 1.82) is 0 Å². The highest BCUT2D eigenvalue weighted by molar-refractivity contribution is 4.84. The molecule has 0 aromatic carbocycles. The van der Waals surface area contributed by atoms with E-state index in [-0.39, 0.29) is 5.60 Å². The molecule has 0 aliphatic carbocycles. The first kappa shape index (κ1) is 13.9. The largest absolute Gasteiger partial charge is 0.379 e. The minimum Gasteiger partial charge on any atom is -0.379 e. The fraction of sp³-hybridized carbons (Fsp3) is 1.00. The fourth-order valence-corrected chi connectivity index (χ4v) is 2.50. The van der Waals surface area contributed by atoms with Crippen molar-refractivity contribution in [3.63, 3.8) is 0 Å². The van der Waals surface area contributed by atoms with Crippen LogP contribution in [0, 0.1) is 0 Å². The first-order chi connectivity index (χ1) is 7.50. The zero-order chi connectivity index (χ0) is 12.2. The molecule has 0 saturated carbocycles. The van der Waals surface area contributed by atoms with Gasteiger partial charge in [-0.1, -0.05) is 6.42 Å². The summed E-state index contributed by atoms with van der Waals surface area (Å²) in [4.78, 5) is 2.57. The van der Waals surface area contributed by atoms with E-state index in [4.69, 9.17) is 10.5 Å². The number of hydrogen-bond acceptors (Lipinski definition) is 3. The number of nitrogens with two attached hydrogens (primary N) is 1. The molecule has 0 spiro atoms. The van der Waals surface area contributed by atoms with Gasteiger partial charge >= 0.3 is 0 Å². The fourth-order valence-electron chi connectivity index (χ4n) is 2.50. The summed E-state index contributed by atoms with van der Waals surface area (Å²) in [5, 5.41) is 0. The number of hydrogen-bond donors (Lipinski definition) is 1. The van der Waals surface area contributed by atoms with Gasteiger partial charge in [0.2, 0.25) is 0 Å². The van der Waals surface area contributed by atoms with E-state index < -0.39 is 0 Å². The number of nitrogens with zero attached hydrogens (tertiary/aromatic N) is 1. The van der Waals surface area contributed by atoms with Crippen LogP contribution in [0.15, 0.2) is 0 Å². The van der Waals surface area contributed by atoms with Crippen LogP contribution in [-0.2, 0) is 4.74 Å². The molecule has 1 saturated heterocycles. The monoisotopic (exact) mass is 228 g/mol. The highest BCUT2D eigenvalue weighted by Crippen LogP contribution is 2.24. The third-order valence-electron chi connectivity index (χ3n) is 3.99. The molecule has 3 nitrogen and oxygen atoms in total. The first-order valence-electron chi connectivity index (χ1n) is 6.51.